The molecule has 0 amide bonds. The Morgan fingerprint density at radius 1 is 0.951 bits per heavy atom. The maximum absolute atomic E-state index is 13.5. The van der Waals surface area contributed by atoms with Crippen molar-refractivity contribution >= 4 is 37.2 Å². The smallest absolute Gasteiger partial charge is 0.315 e. The molecular weight excluding hydrogens is 568 g/mol. The third kappa shape index (κ3) is 7.70. The summed E-state index contributed by atoms with van der Waals surface area (Å²) >= 11 is 0. The normalized spacial score (nSPS) is 12.0. The Labute approximate surface area is 241 Å². The number of rotatable bonds is 12. The SMILES string of the molecule is COc1ccc(NS(=O)(=O)c2c(C)cc(C)cc2OCC(C)(C)C(=O)OCCS(=O)(=O)c2ccccc2C)c(N)c1. The van der Waals surface area contributed by atoms with E-state index in [4.69, 9.17) is 19.9 Å². The zero-order valence-corrected chi connectivity index (χ0v) is 25.6. The average molecular weight is 605 g/mol. The number of nitrogen functional groups attached to an aromatic ring is 1. The monoisotopic (exact) mass is 604 g/mol. The van der Waals surface area contributed by atoms with Gasteiger partial charge in [0, 0.05) is 6.07 Å². The van der Waals surface area contributed by atoms with Crippen LogP contribution in [0.5, 0.6) is 11.5 Å². The van der Waals surface area contributed by atoms with E-state index in [1.54, 1.807) is 71.0 Å². The minimum atomic E-state index is -4.16. The molecule has 0 aliphatic rings. The first-order valence-corrected chi connectivity index (χ1v) is 15.9. The predicted octanol–water partition coefficient (Wildman–Crippen LogP) is 4.43. The number of carbonyl (C=O) groups is 1. The quantitative estimate of drug-likeness (QED) is 0.226. The van der Waals surface area contributed by atoms with Gasteiger partial charge in [-0.25, -0.2) is 16.8 Å². The Morgan fingerprint density at radius 2 is 1.63 bits per heavy atom. The minimum absolute atomic E-state index is 0.0464. The van der Waals surface area contributed by atoms with Gasteiger partial charge in [-0.2, -0.15) is 0 Å². The van der Waals surface area contributed by atoms with Crippen LogP contribution < -0.4 is 19.9 Å². The van der Waals surface area contributed by atoms with Crippen molar-refractivity contribution < 1.29 is 35.8 Å². The number of nitrogens with two attached hydrogens (primary N) is 1. The highest BCUT2D eigenvalue weighted by atomic mass is 32.2. The maximum atomic E-state index is 13.5. The second kappa shape index (κ2) is 12.4. The molecule has 3 N–H and O–H groups in total. The van der Waals surface area contributed by atoms with E-state index < -0.39 is 31.2 Å². The fourth-order valence-electron chi connectivity index (χ4n) is 4.10. The van der Waals surface area contributed by atoms with E-state index in [9.17, 15) is 21.6 Å². The number of anilines is 2. The lowest BCUT2D eigenvalue weighted by Crippen LogP contribution is -2.34. The molecule has 222 valence electrons. The minimum Gasteiger partial charge on any atom is -0.497 e. The van der Waals surface area contributed by atoms with Gasteiger partial charge in [0.25, 0.3) is 10.0 Å². The lowest BCUT2D eigenvalue weighted by Gasteiger charge is -2.24. The van der Waals surface area contributed by atoms with Gasteiger partial charge in [0.05, 0.1) is 34.5 Å². The van der Waals surface area contributed by atoms with Gasteiger partial charge >= 0.3 is 5.97 Å². The van der Waals surface area contributed by atoms with Crippen LogP contribution in [0.3, 0.4) is 0 Å². The highest BCUT2D eigenvalue weighted by Gasteiger charge is 2.33. The topological polar surface area (TPSA) is 151 Å². The largest absolute Gasteiger partial charge is 0.497 e. The first kappa shape index (κ1) is 31.8. The maximum Gasteiger partial charge on any atom is 0.315 e. The number of sulfone groups is 1. The molecule has 0 unspecified atom stereocenters. The standard InChI is InChI=1S/C29H36N2O8S2/c1-19-15-21(3)27(41(35,36)31-24-12-11-22(37-6)17-23(24)30)25(16-19)39-18-29(4,5)28(32)38-13-14-40(33,34)26-10-8-7-9-20(26)2/h7-12,15-17,31H,13-14,18,30H2,1-6H3. The Hall–Kier alpha value is -3.77. The summed E-state index contributed by atoms with van der Waals surface area (Å²) in [5, 5.41) is 0. The molecule has 41 heavy (non-hydrogen) atoms. The van der Waals surface area contributed by atoms with Crippen LogP contribution in [0, 0.1) is 26.2 Å². The van der Waals surface area contributed by atoms with Crippen LogP contribution in [0.1, 0.15) is 30.5 Å². The average Bonchev–Trinajstić information content (AvgIpc) is 2.88. The highest BCUT2D eigenvalue weighted by molar-refractivity contribution is 7.93. The summed E-state index contributed by atoms with van der Waals surface area (Å²) in [5.41, 5.74) is 6.92. The van der Waals surface area contributed by atoms with Gasteiger partial charge < -0.3 is 19.9 Å². The van der Waals surface area contributed by atoms with Crippen molar-refractivity contribution in [1.82, 2.24) is 0 Å². The van der Waals surface area contributed by atoms with Crippen LogP contribution in [0.25, 0.3) is 0 Å². The number of hydrogen-bond donors (Lipinski definition) is 2. The van der Waals surface area contributed by atoms with Gasteiger partial charge in [0.1, 0.15) is 29.6 Å². The van der Waals surface area contributed by atoms with Crippen LogP contribution >= 0.6 is 0 Å². The molecule has 3 rings (SSSR count). The summed E-state index contributed by atoms with van der Waals surface area (Å²) in [5.74, 6) is -0.538. The molecule has 3 aromatic carbocycles. The fourth-order valence-corrected chi connectivity index (χ4v) is 6.91. The second-order valence-corrected chi connectivity index (χ2v) is 14.1. The van der Waals surface area contributed by atoms with Crippen LogP contribution in [0.4, 0.5) is 11.4 Å². The van der Waals surface area contributed by atoms with Crippen molar-refractivity contribution in [2.45, 2.75) is 44.4 Å². The second-order valence-electron chi connectivity index (χ2n) is 10.4. The fraction of sp³-hybridized carbons (Fsp3) is 0.345. The third-order valence-corrected chi connectivity index (χ3v) is 9.69. The van der Waals surface area contributed by atoms with E-state index in [-0.39, 0.29) is 45.9 Å². The van der Waals surface area contributed by atoms with Crippen molar-refractivity contribution in [2.75, 3.05) is 36.5 Å². The molecule has 0 aromatic heterocycles. The van der Waals surface area contributed by atoms with E-state index in [0.29, 0.717) is 16.9 Å². The molecule has 0 saturated heterocycles. The summed E-state index contributed by atoms with van der Waals surface area (Å²) in [6, 6.07) is 14.4. The number of benzene rings is 3. The molecule has 0 bridgehead atoms. The molecule has 0 atom stereocenters. The van der Waals surface area contributed by atoms with Gasteiger partial charge in [-0.05, 0) is 75.6 Å². The number of carbonyl (C=O) groups excluding carboxylic acids is 1. The Kier molecular flexibility index (Phi) is 9.60. The van der Waals surface area contributed by atoms with Gasteiger partial charge in [-0.1, -0.05) is 24.3 Å². The van der Waals surface area contributed by atoms with E-state index in [1.165, 1.54) is 25.3 Å². The number of hydrogen-bond acceptors (Lipinski definition) is 9. The number of aryl methyl sites for hydroxylation is 3. The Morgan fingerprint density at radius 3 is 2.27 bits per heavy atom. The molecular formula is C29H36N2O8S2. The molecule has 0 spiro atoms. The number of ether oxygens (including phenoxy) is 3. The number of sulfonamides is 1. The zero-order valence-electron chi connectivity index (χ0n) is 24.0. The first-order chi connectivity index (χ1) is 19.1. The molecule has 12 heteroatoms. The molecule has 0 aliphatic carbocycles. The Bertz CT molecular complexity index is 1650. The van der Waals surface area contributed by atoms with Crippen LogP contribution in [-0.4, -0.2) is 48.9 Å². The molecule has 10 nitrogen and oxygen atoms in total. The summed E-state index contributed by atoms with van der Waals surface area (Å²) in [6.45, 7) is 7.69. The molecule has 0 heterocycles. The van der Waals surface area contributed by atoms with E-state index >= 15 is 0 Å². The molecule has 0 fully saturated rings. The summed E-state index contributed by atoms with van der Waals surface area (Å²) in [6.07, 6.45) is 0. The number of nitrogens with one attached hydrogen (secondary N) is 1. The Balaban J connectivity index is 1.74. The molecule has 0 aliphatic heterocycles. The van der Waals surface area contributed by atoms with Gasteiger partial charge in [0.2, 0.25) is 0 Å². The van der Waals surface area contributed by atoms with Gasteiger partial charge in [0.15, 0.2) is 9.84 Å². The molecule has 3 aromatic rings. The van der Waals surface area contributed by atoms with Crippen molar-refractivity contribution in [2.24, 2.45) is 5.41 Å². The lowest BCUT2D eigenvalue weighted by atomic mass is 9.95. The highest BCUT2D eigenvalue weighted by Crippen LogP contribution is 2.34. The van der Waals surface area contributed by atoms with Crippen LogP contribution in [0.2, 0.25) is 0 Å². The van der Waals surface area contributed by atoms with Crippen molar-refractivity contribution in [3.63, 3.8) is 0 Å². The van der Waals surface area contributed by atoms with E-state index in [1.807, 2.05) is 0 Å². The van der Waals surface area contributed by atoms with E-state index in [2.05, 4.69) is 4.72 Å². The van der Waals surface area contributed by atoms with E-state index in [0.717, 1.165) is 5.56 Å². The van der Waals surface area contributed by atoms with Crippen molar-refractivity contribution in [3.8, 4) is 11.5 Å². The number of esters is 1. The zero-order chi connectivity index (χ0) is 30.6. The first-order valence-electron chi connectivity index (χ1n) is 12.7. The lowest BCUT2D eigenvalue weighted by molar-refractivity contribution is -0.154. The van der Waals surface area contributed by atoms with Crippen LogP contribution in [0.15, 0.2) is 64.4 Å². The van der Waals surface area contributed by atoms with Crippen molar-refractivity contribution in [3.05, 3.63) is 71.3 Å². The van der Waals surface area contributed by atoms with Crippen LogP contribution in [-0.2, 0) is 29.4 Å². The van der Waals surface area contributed by atoms with Gasteiger partial charge in [-0.3, -0.25) is 9.52 Å². The molecule has 0 saturated carbocycles. The predicted molar refractivity (Wildman–Crippen MR) is 158 cm³/mol. The third-order valence-electron chi connectivity index (χ3n) is 6.31. The van der Waals surface area contributed by atoms with Crippen molar-refractivity contribution in [1.29, 1.82) is 0 Å². The molecule has 0 radical (unpaired) electrons. The van der Waals surface area contributed by atoms with Gasteiger partial charge in [-0.15, -0.1) is 0 Å². The summed E-state index contributed by atoms with van der Waals surface area (Å²) in [4.78, 5) is 13.0. The summed E-state index contributed by atoms with van der Waals surface area (Å²) in [7, 11) is -6.34. The summed E-state index contributed by atoms with van der Waals surface area (Å²) < 4.78 is 71.1. The number of methoxy groups -OCH3 is 1.